The molecule has 4 rings (SSSR count). The average molecular weight is 423 g/mol. The van der Waals surface area contributed by atoms with Crippen LogP contribution in [0, 0.1) is 6.92 Å². The number of sulfonamides is 1. The van der Waals surface area contributed by atoms with Gasteiger partial charge in [-0.05, 0) is 25.1 Å². The molecule has 0 N–H and O–H groups in total. The van der Waals surface area contributed by atoms with Crippen molar-refractivity contribution in [1.82, 2.24) is 14.3 Å². The molecule has 0 radical (unpaired) electrons. The van der Waals surface area contributed by atoms with Crippen molar-refractivity contribution in [2.24, 2.45) is 0 Å². The Labute approximate surface area is 165 Å². The van der Waals surface area contributed by atoms with E-state index < -0.39 is 27.9 Å². The Kier molecular flexibility index (Phi) is 4.70. The maximum absolute atomic E-state index is 13.0. The molecule has 1 fully saturated rings. The van der Waals surface area contributed by atoms with E-state index in [0.717, 1.165) is 18.3 Å². The summed E-state index contributed by atoms with van der Waals surface area (Å²) in [5.74, 6) is -0.190. The van der Waals surface area contributed by atoms with Crippen LogP contribution in [0.5, 0.6) is 5.88 Å². The first-order chi connectivity index (χ1) is 13.6. The van der Waals surface area contributed by atoms with Gasteiger partial charge >= 0.3 is 6.18 Å². The van der Waals surface area contributed by atoms with Crippen LogP contribution < -0.4 is 4.74 Å². The van der Waals surface area contributed by atoms with Crippen LogP contribution in [0.1, 0.15) is 11.3 Å². The normalized spacial score (nSPS) is 16.0. The van der Waals surface area contributed by atoms with Gasteiger partial charge in [0.1, 0.15) is 11.0 Å². The number of fused-ring (bicyclic) bond motifs is 1. The molecule has 1 aromatic carbocycles. The van der Waals surface area contributed by atoms with Crippen molar-refractivity contribution in [3.05, 3.63) is 59.9 Å². The summed E-state index contributed by atoms with van der Waals surface area (Å²) in [6.07, 6.45) is -4.07. The molecule has 3 heterocycles. The minimum atomic E-state index is -4.50. The molecule has 6 nitrogen and oxygen atoms in total. The molecular formula is C19H16F3N3O3S. The average Bonchev–Trinajstić information content (AvgIpc) is 2.63. The number of nitrogens with zero attached hydrogens (tertiary/aromatic N) is 3. The van der Waals surface area contributed by atoms with Gasteiger partial charge in [0.25, 0.3) is 0 Å². The molecule has 0 bridgehead atoms. The number of hydrogen-bond donors (Lipinski definition) is 0. The topological polar surface area (TPSA) is 72.4 Å². The van der Waals surface area contributed by atoms with Gasteiger partial charge in [-0.1, -0.05) is 18.2 Å². The van der Waals surface area contributed by atoms with E-state index in [1.54, 1.807) is 31.2 Å². The molecule has 29 heavy (non-hydrogen) atoms. The van der Waals surface area contributed by atoms with E-state index in [9.17, 15) is 21.6 Å². The SMILES string of the molecule is Cc1ccc2cccc(S(=O)(=O)N3CC(Oc4cc(C(F)(F)F)ccn4)C3)c2n1. The third-order valence-electron chi connectivity index (χ3n) is 4.60. The number of rotatable bonds is 4. The maximum Gasteiger partial charge on any atom is 0.416 e. The number of aryl methyl sites for hydroxylation is 1. The summed E-state index contributed by atoms with van der Waals surface area (Å²) in [6, 6.07) is 10.2. The van der Waals surface area contributed by atoms with Gasteiger partial charge in [0.05, 0.1) is 24.2 Å². The quantitative estimate of drug-likeness (QED) is 0.643. The van der Waals surface area contributed by atoms with Gasteiger partial charge < -0.3 is 4.74 Å². The predicted molar refractivity (Wildman–Crippen MR) is 98.9 cm³/mol. The largest absolute Gasteiger partial charge is 0.472 e. The van der Waals surface area contributed by atoms with Gasteiger partial charge in [-0.25, -0.2) is 13.4 Å². The van der Waals surface area contributed by atoms with Gasteiger partial charge in [0.15, 0.2) is 0 Å². The van der Waals surface area contributed by atoms with Gasteiger partial charge in [-0.3, -0.25) is 4.98 Å². The Morgan fingerprint density at radius 2 is 1.90 bits per heavy atom. The molecule has 1 aliphatic rings. The molecule has 0 spiro atoms. The van der Waals surface area contributed by atoms with Crippen molar-refractivity contribution < 1.29 is 26.3 Å². The van der Waals surface area contributed by atoms with Crippen molar-refractivity contribution in [3.8, 4) is 5.88 Å². The minimum absolute atomic E-state index is 0.0163. The molecule has 0 amide bonds. The van der Waals surface area contributed by atoms with Crippen molar-refractivity contribution in [2.75, 3.05) is 13.1 Å². The van der Waals surface area contributed by atoms with Gasteiger partial charge in [0, 0.05) is 23.3 Å². The standard InChI is InChI=1S/C19H16F3N3O3S/c1-12-5-6-13-3-2-4-16(18(13)24-12)29(26,27)25-10-15(11-25)28-17-9-14(7-8-23-17)19(20,21)22/h2-9,15H,10-11H2,1H3. The lowest BCUT2D eigenvalue weighted by atomic mass is 10.2. The van der Waals surface area contributed by atoms with E-state index >= 15 is 0 Å². The third-order valence-corrected chi connectivity index (χ3v) is 6.47. The summed E-state index contributed by atoms with van der Waals surface area (Å²) in [6.45, 7) is 1.81. The van der Waals surface area contributed by atoms with Crippen LogP contribution in [0.2, 0.25) is 0 Å². The van der Waals surface area contributed by atoms with Crippen molar-refractivity contribution in [3.63, 3.8) is 0 Å². The Hall–Kier alpha value is -2.72. The van der Waals surface area contributed by atoms with E-state index in [2.05, 4.69) is 9.97 Å². The molecule has 2 aromatic heterocycles. The van der Waals surface area contributed by atoms with Gasteiger partial charge in [-0.15, -0.1) is 0 Å². The minimum Gasteiger partial charge on any atom is -0.472 e. The van der Waals surface area contributed by atoms with Crippen molar-refractivity contribution in [2.45, 2.75) is 24.1 Å². The fourth-order valence-corrected chi connectivity index (χ4v) is 4.72. The highest BCUT2D eigenvalue weighted by molar-refractivity contribution is 7.89. The molecule has 0 saturated carbocycles. The van der Waals surface area contributed by atoms with E-state index in [4.69, 9.17) is 4.74 Å². The second-order valence-corrected chi connectivity index (χ2v) is 8.63. The molecule has 0 unspecified atom stereocenters. The fourth-order valence-electron chi connectivity index (χ4n) is 3.06. The lowest BCUT2D eigenvalue weighted by Crippen LogP contribution is -2.56. The summed E-state index contributed by atoms with van der Waals surface area (Å²) in [5, 5.41) is 0.707. The molecule has 0 aliphatic carbocycles. The molecule has 1 aliphatic heterocycles. The van der Waals surface area contributed by atoms with Crippen LogP contribution in [0.25, 0.3) is 10.9 Å². The zero-order chi connectivity index (χ0) is 20.8. The molecule has 0 atom stereocenters. The second-order valence-electron chi connectivity index (χ2n) is 6.72. The summed E-state index contributed by atoms with van der Waals surface area (Å²) >= 11 is 0. The molecule has 1 saturated heterocycles. The van der Waals surface area contributed by atoms with E-state index in [0.29, 0.717) is 16.6 Å². The van der Waals surface area contributed by atoms with E-state index in [1.165, 1.54) is 10.4 Å². The fraction of sp³-hybridized carbons (Fsp3) is 0.263. The number of ether oxygens (including phenoxy) is 1. The Balaban J connectivity index is 1.51. The summed E-state index contributed by atoms with van der Waals surface area (Å²) in [5.41, 5.74) is 0.209. The van der Waals surface area contributed by atoms with Crippen LogP contribution in [-0.2, 0) is 16.2 Å². The van der Waals surface area contributed by atoms with E-state index in [-0.39, 0.29) is 23.9 Å². The van der Waals surface area contributed by atoms with Crippen molar-refractivity contribution in [1.29, 1.82) is 0 Å². The highest BCUT2D eigenvalue weighted by atomic mass is 32.2. The van der Waals surface area contributed by atoms with Crippen LogP contribution in [0.4, 0.5) is 13.2 Å². The predicted octanol–water partition coefficient (Wildman–Crippen LogP) is 3.41. The first-order valence-corrected chi connectivity index (χ1v) is 10.1. The highest BCUT2D eigenvalue weighted by Crippen LogP contribution is 2.32. The lowest BCUT2D eigenvalue weighted by molar-refractivity contribution is -0.137. The van der Waals surface area contributed by atoms with E-state index in [1.807, 2.05) is 0 Å². The number of hydrogen-bond acceptors (Lipinski definition) is 5. The molecule has 152 valence electrons. The third kappa shape index (κ3) is 3.77. The highest BCUT2D eigenvalue weighted by Gasteiger charge is 2.39. The first kappa shape index (κ1) is 19.6. The van der Waals surface area contributed by atoms with Crippen LogP contribution >= 0.6 is 0 Å². The van der Waals surface area contributed by atoms with Crippen LogP contribution in [0.3, 0.4) is 0 Å². The maximum atomic E-state index is 13.0. The monoisotopic (exact) mass is 423 g/mol. The number of para-hydroxylation sites is 1. The van der Waals surface area contributed by atoms with Crippen LogP contribution in [0.15, 0.2) is 53.6 Å². The molecular weight excluding hydrogens is 407 g/mol. The Morgan fingerprint density at radius 1 is 1.14 bits per heavy atom. The summed E-state index contributed by atoms with van der Waals surface area (Å²) in [4.78, 5) is 8.21. The summed E-state index contributed by atoms with van der Waals surface area (Å²) < 4.78 is 71.0. The molecule has 3 aromatic rings. The number of pyridine rings is 2. The van der Waals surface area contributed by atoms with Crippen LogP contribution in [-0.4, -0.2) is 41.9 Å². The Morgan fingerprint density at radius 3 is 2.62 bits per heavy atom. The van der Waals surface area contributed by atoms with Gasteiger partial charge in [-0.2, -0.15) is 17.5 Å². The second kappa shape index (κ2) is 6.96. The first-order valence-electron chi connectivity index (χ1n) is 8.71. The van der Waals surface area contributed by atoms with Gasteiger partial charge in [0.2, 0.25) is 15.9 Å². The van der Waals surface area contributed by atoms with Crippen molar-refractivity contribution >= 4 is 20.9 Å². The number of benzene rings is 1. The Bertz CT molecular complexity index is 1180. The zero-order valence-electron chi connectivity index (χ0n) is 15.2. The molecule has 10 heteroatoms. The lowest BCUT2D eigenvalue weighted by Gasteiger charge is -2.37. The smallest absolute Gasteiger partial charge is 0.416 e. The summed E-state index contributed by atoms with van der Waals surface area (Å²) in [7, 11) is -3.81. The number of halogens is 3. The number of alkyl halides is 3. The zero-order valence-corrected chi connectivity index (χ0v) is 16.0. The number of aromatic nitrogens is 2.